The molecule has 0 aliphatic heterocycles. The van der Waals surface area contributed by atoms with Crippen LogP contribution in [0, 0.1) is 0 Å². The van der Waals surface area contributed by atoms with Gasteiger partial charge in [-0.3, -0.25) is 0 Å². The van der Waals surface area contributed by atoms with Crippen LogP contribution in [0.4, 0.5) is 0 Å². The molecule has 2 unspecified atom stereocenters. The highest BCUT2D eigenvalue weighted by Gasteiger charge is 1.99. The zero-order chi connectivity index (χ0) is 10.1. The van der Waals surface area contributed by atoms with E-state index in [0.717, 1.165) is 32.5 Å². The molecule has 2 atom stereocenters. The first-order chi connectivity index (χ1) is 6.20. The SMILES string of the molecule is CCC(C)OCCCOC(C)CC. The zero-order valence-corrected chi connectivity index (χ0v) is 9.51. The molecule has 0 N–H and O–H groups in total. The predicted molar refractivity (Wildman–Crippen MR) is 56.0 cm³/mol. The summed E-state index contributed by atoms with van der Waals surface area (Å²) >= 11 is 0. The van der Waals surface area contributed by atoms with Gasteiger partial charge in [0.15, 0.2) is 0 Å². The number of rotatable bonds is 8. The molecule has 0 radical (unpaired) electrons. The molecule has 0 amide bonds. The van der Waals surface area contributed by atoms with Crippen LogP contribution in [0.2, 0.25) is 0 Å². The normalized spacial score (nSPS) is 15.7. The molecule has 2 nitrogen and oxygen atoms in total. The third-order valence-corrected chi connectivity index (χ3v) is 2.24. The van der Waals surface area contributed by atoms with Crippen molar-refractivity contribution < 1.29 is 9.47 Å². The summed E-state index contributed by atoms with van der Waals surface area (Å²) in [5.41, 5.74) is 0. The Morgan fingerprint density at radius 2 is 1.23 bits per heavy atom. The van der Waals surface area contributed by atoms with Crippen LogP contribution in [0.15, 0.2) is 0 Å². The molecule has 13 heavy (non-hydrogen) atoms. The summed E-state index contributed by atoms with van der Waals surface area (Å²) in [5, 5.41) is 0. The number of hydrogen-bond acceptors (Lipinski definition) is 2. The van der Waals surface area contributed by atoms with Crippen LogP contribution in [-0.4, -0.2) is 25.4 Å². The molecule has 80 valence electrons. The third-order valence-electron chi connectivity index (χ3n) is 2.24. The minimum atomic E-state index is 0.392. The van der Waals surface area contributed by atoms with Gasteiger partial charge >= 0.3 is 0 Å². The van der Waals surface area contributed by atoms with Gasteiger partial charge in [0.25, 0.3) is 0 Å². The minimum absolute atomic E-state index is 0.392. The van der Waals surface area contributed by atoms with Gasteiger partial charge in [-0.15, -0.1) is 0 Å². The Bertz CT molecular complexity index is 92.3. The molecule has 0 aliphatic carbocycles. The molecule has 0 aromatic rings. The van der Waals surface area contributed by atoms with E-state index in [9.17, 15) is 0 Å². The molecule has 0 saturated carbocycles. The van der Waals surface area contributed by atoms with Crippen molar-refractivity contribution in [3.63, 3.8) is 0 Å². The molecule has 0 heterocycles. The number of ether oxygens (including phenoxy) is 2. The van der Waals surface area contributed by atoms with Gasteiger partial charge in [-0.1, -0.05) is 13.8 Å². The maximum absolute atomic E-state index is 5.53. The number of hydrogen-bond donors (Lipinski definition) is 0. The van der Waals surface area contributed by atoms with Gasteiger partial charge in [-0.25, -0.2) is 0 Å². The average Bonchev–Trinajstić information content (AvgIpc) is 2.16. The molecule has 0 saturated heterocycles. The van der Waals surface area contributed by atoms with E-state index < -0.39 is 0 Å². The first-order valence-corrected chi connectivity index (χ1v) is 5.43. The molecular formula is C11H24O2. The van der Waals surface area contributed by atoms with Crippen molar-refractivity contribution in [3.8, 4) is 0 Å². The molecule has 0 aromatic heterocycles. The van der Waals surface area contributed by atoms with Gasteiger partial charge in [0, 0.05) is 13.2 Å². The second kappa shape index (κ2) is 8.52. The summed E-state index contributed by atoms with van der Waals surface area (Å²) in [7, 11) is 0. The van der Waals surface area contributed by atoms with Crippen molar-refractivity contribution in [1.29, 1.82) is 0 Å². The fourth-order valence-corrected chi connectivity index (χ4v) is 0.864. The summed E-state index contributed by atoms with van der Waals surface area (Å²) in [6.45, 7) is 10.1. The van der Waals surface area contributed by atoms with E-state index in [1.54, 1.807) is 0 Å². The molecule has 0 aromatic carbocycles. The van der Waals surface area contributed by atoms with Crippen molar-refractivity contribution in [3.05, 3.63) is 0 Å². The molecule has 2 heteroatoms. The molecule has 0 bridgehead atoms. The second-order valence-electron chi connectivity index (χ2n) is 3.53. The topological polar surface area (TPSA) is 18.5 Å². The van der Waals surface area contributed by atoms with Crippen molar-refractivity contribution in [1.82, 2.24) is 0 Å². The molecule has 0 aliphatic rings. The van der Waals surface area contributed by atoms with Gasteiger partial charge in [0.2, 0.25) is 0 Å². The van der Waals surface area contributed by atoms with Gasteiger partial charge in [0.1, 0.15) is 0 Å². The van der Waals surface area contributed by atoms with Crippen molar-refractivity contribution >= 4 is 0 Å². The monoisotopic (exact) mass is 188 g/mol. The molecular weight excluding hydrogens is 164 g/mol. The van der Waals surface area contributed by atoms with E-state index in [-0.39, 0.29) is 0 Å². The van der Waals surface area contributed by atoms with Crippen LogP contribution in [0.25, 0.3) is 0 Å². The lowest BCUT2D eigenvalue weighted by Gasteiger charge is -2.12. The van der Waals surface area contributed by atoms with E-state index in [1.807, 2.05) is 0 Å². The standard InChI is InChI=1S/C11H24O2/c1-5-10(3)12-8-7-9-13-11(4)6-2/h10-11H,5-9H2,1-4H3. The summed E-state index contributed by atoms with van der Waals surface area (Å²) < 4.78 is 11.1. The lowest BCUT2D eigenvalue weighted by atomic mass is 10.3. The van der Waals surface area contributed by atoms with E-state index in [0.29, 0.717) is 12.2 Å². The van der Waals surface area contributed by atoms with Gasteiger partial charge < -0.3 is 9.47 Å². The van der Waals surface area contributed by atoms with Crippen molar-refractivity contribution in [2.45, 2.75) is 59.2 Å². The molecule has 0 fully saturated rings. The Morgan fingerprint density at radius 1 is 0.846 bits per heavy atom. The second-order valence-corrected chi connectivity index (χ2v) is 3.53. The van der Waals surface area contributed by atoms with Crippen LogP contribution >= 0.6 is 0 Å². The smallest absolute Gasteiger partial charge is 0.0544 e. The summed E-state index contributed by atoms with van der Waals surface area (Å²) in [6.07, 6.45) is 3.97. The maximum atomic E-state index is 5.53. The fourth-order valence-electron chi connectivity index (χ4n) is 0.864. The van der Waals surface area contributed by atoms with Crippen LogP contribution in [0.1, 0.15) is 47.0 Å². The highest BCUT2D eigenvalue weighted by molar-refractivity contribution is 4.47. The largest absolute Gasteiger partial charge is 0.378 e. The first-order valence-electron chi connectivity index (χ1n) is 5.43. The lowest BCUT2D eigenvalue weighted by molar-refractivity contribution is 0.0205. The van der Waals surface area contributed by atoms with Crippen LogP contribution in [-0.2, 0) is 9.47 Å². The summed E-state index contributed by atoms with van der Waals surface area (Å²) in [5.74, 6) is 0. The van der Waals surface area contributed by atoms with Gasteiger partial charge in [-0.2, -0.15) is 0 Å². The van der Waals surface area contributed by atoms with E-state index >= 15 is 0 Å². The average molecular weight is 188 g/mol. The van der Waals surface area contributed by atoms with Crippen LogP contribution in [0.3, 0.4) is 0 Å². The Kier molecular flexibility index (Phi) is 8.46. The van der Waals surface area contributed by atoms with E-state index in [1.165, 1.54) is 0 Å². The highest BCUT2D eigenvalue weighted by atomic mass is 16.5. The van der Waals surface area contributed by atoms with Gasteiger partial charge in [-0.05, 0) is 33.1 Å². The quantitative estimate of drug-likeness (QED) is 0.545. The molecule has 0 spiro atoms. The van der Waals surface area contributed by atoms with Crippen LogP contribution < -0.4 is 0 Å². The first kappa shape index (κ1) is 12.9. The van der Waals surface area contributed by atoms with E-state index in [4.69, 9.17) is 9.47 Å². The zero-order valence-electron chi connectivity index (χ0n) is 9.51. The summed E-state index contributed by atoms with van der Waals surface area (Å²) in [6, 6.07) is 0. The molecule has 0 rings (SSSR count). The summed E-state index contributed by atoms with van der Waals surface area (Å²) in [4.78, 5) is 0. The minimum Gasteiger partial charge on any atom is -0.378 e. The Balaban J connectivity index is 3.08. The Morgan fingerprint density at radius 3 is 1.54 bits per heavy atom. The van der Waals surface area contributed by atoms with Gasteiger partial charge in [0.05, 0.1) is 12.2 Å². The van der Waals surface area contributed by atoms with Crippen molar-refractivity contribution in [2.75, 3.05) is 13.2 Å². The van der Waals surface area contributed by atoms with Crippen molar-refractivity contribution in [2.24, 2.45) is 0 Å². The Labute approximate surface area is 82.6 Å². The fraction of sp³-hybridized carbons (Fsp3) is 1.00. The maximum Gasteiger partial charge on any atom is 0.0544 e. The van der Waals surface area contributed by atoms with E-state index in [2.05, 4.69) is 27.7 Å². The Hall–Kier alpha value is -0.0800. The lowest BCUT2D eigenvalue weighted by Crippen LogP contribution is -2.12. The third kappa shape index (κ3) is 8.26. The predicted octanol–water partition coefficient (Wildman–Crippen LogP) is 3.01. The van der Waals surface area contributed by atoms with Crippen LogP contribution in [0.5, 0.6) is 0 Å². The highest BCUT2D eigenvalue weighted by Crippen LogP contribution is 1.99.